The summed E-state index contributed by atoms with van der Waals surface area (Å²) < 4.78 is 16.7. The number of fused-ring (bicyclic) bond motifs is 1. The molecule has 1 atom stereocenters. The number of aliphatic imine (C=N–C) groups is 1. The predicted molar refractivity (Wildman–Crippen MR) is 85.1 cm³/mol. The fourth-order valence-corrected chi connectivity index (χ4v) is 3.01. The van der Waals surface area contributed by atoms with Crippen LogP contribution in [0.4, 0.5) is 10.3 Å². The molecule has 0 saturated heterocycles. The van der Waals surface area contributed by atoms with Crippen LogP contribution in [0.3, 0.4) is 0 Å². The van der Waals surface area contributed by atoms with Gasteiger partial charge in [-0.2, -0.15) is 0 Å². The second-order valence-electron chi connectivity index (χ2n) is 5.11. The van der Waals surface area contributed by atoms with Crippen LogP contribution in [0.15, 0.2) is 52.2 Å². The number of hydrogen-bond acceptors (Lipinski definition) is 5. The van der Waals surface area contributed by atoms with Gasteiger partial charge in [0.15, 0.2) is 0 Å². The van der Waals surface area contributed by atoms with Gasteiger partial charge in [-0.05, 0) is 34.7 Å². The first-order valence-corrected chi connectivity index (χ1v) is 7.72. The van der Waals surface area contributed by atoms with Crippen LogP contribution in [0, 0.1) is 5.82 Å². The van der Waals surface area contributed by atoms with Gasteiger partial charge in [0.2, 0.25) is 0 Å². The van der Waals surface area contributed by atoms with E-state index in [1.165, 1.54) is 6.07 Å². The maximum atomic E-state index is 14.3. The molecule has 0 radical (unpaired) electrons. The molecule has 0 bridgehead atoms. The number of rotatable bonds is 2. The lowest BCUT2D eigenvalue weighted by Gasteiger charge is -2.23. The van der Waals surface area contributed by atoms with Gasteiger partial charge in [-0.25, -0.2) is 14.1 Å². The summed E-state index contributed by atoms with van der Waals surface area (Å²) in [6.45, 7) is 0. The van der Waals surface area contributed by atoms with Crippen LogP contribution in [0.2, 0.25) is 0 Å². The summed E-state index contributed by atoms with van der Waals surface area (Å²) in [5.74, 6) is 0.0616. The van der Waals surface area contributed by atoms with Crippen LogP contribution >= 0.6 is 15.9 Å². The molecule has 0 spiro atoms. The summed E-state index contributed by atoms with van der Waals surface area (Å²) >= 11 is 3.39. The molecule has 1 aliphatic rings. The van der Waals surface area contributed by atoms with E-state index in [1.807, 2.05) is 12.1 Å². The van der Waals surface area contributed by atoms with Crippen LogP contribution in [-0.4, -0.2) is 30.9 Å². The SMILES string of the molecule is Fc1ccc(Br)cc1C1CC(c2cccnc2)=Nc2nnnn21. The average molecular weight is 373 g/mol. The standard InChI is InChI=1S/C15H10BrFN6/c16-10-3-4-12(17)11(6-10)14-7-13(9-2-1-5-18-8-9)19-15-20-21-22-23(14)15/h1-6,8,14H,7H2. The molecule has 0 amide bonds. The molecule has 3 aromatic rings. The highest BCUT2D eigenvalue weighted by Crippen LogP contribution is 2.33. The van der Waals surface area contributed by atoms with Gasteiger partial charge < -0.3 is 0 Å². The number of pyridine rings is 1. The van der Waals surface area contributed by atoms with E-state index < -0.39 is 0 Å². The molecule has 0 saturated carbocycles. The van der Waals surface area contributed by atoms with E-state index in [0.29, 0.717) is 17.9 Å². The maximum absolute atomic E-state index is 14.3. The molecule has 6 nitrogen and oxygen atoms in total. The molecule has 0 fully saturated rings. The highest BCUT2D eigenvalue weighted by Gasteiger charge is 2.29. The zero-order valence-electron chi connectivity index (χ0n) is 11.8. The Labute approximate surface area is 139 Å². The van der Waals surface area contributed by atoms with Gasteiger partial charge in [-0.1, -0.05) is 27.1 Å². The smallest absolute Gasteiger partial charge is 0.264 e. The first kappa shape index (κ1) is 14.1. The number of hydrogen-bond donors (Lipinski definition) is 0. The van der Waals surface area contributed by atoms with Crippen molar-refractivity contribution < 1.29 is 4.39 Å². The Kier molecular flexibility index (Phi) is 3.45. The average Bonchev–Trinajstić information content (AvgIpc) is 3.05. The van der Waals surface area contributed by atoms with Crippen molar-refractivity contribution in [2.75, 3.05) is 0 Å². The lowest BCUT2D eigenvalue weighted by Crippen LogP contribution is -2.22. The van der Waals surface area contributed by atoms with Crippen molar-refractivity contribution in [3.63, 3.8) is 0 Å². The van der Waals surface area contributed by atoms with Crippen LogP contribution in [0.1, 0.15) is 23.6 Å². The molecule has 114 valence electrons. The number of nitrogens with zero attached hydrogens (tertiary/aromatic N) is 6. The Hall–Kier alpha value is -2.48. The molecule has 23 heavy (non-hydrogen) atoms. The lowest BCUT2D eigenvalue weighted by molar-refractivity contribution is 0.486. The Morgan fingerprint density at radius 3 is 3.00 bits per heavy atom. The van der Waals surface area contributed by atoms with Gasteiger partial charge >= 0.3 is 0 Å². The molecule has 1 unspecified atom stereocenters. The van der Waals surface area contributed by atoms with Crippen molar-refractivity contribution in [3.05, 3.63) is 64.1 Å². The summed E-state index contributed by atoms with van der Waals surface area (Å²) in [6, 6.07) is 8.24. The summed E-state index contributed by atoms with van der Waals surface area (Å²) in [5, 5.41) is 11.6. The Morgan fingerprint density at radius 1 is 1.26 bits per heavy atom. The molecule has 0 aliphatic carbocycles. The third-order valence-electron chi connectivity index (χ3n) is 3.70. The topological polar surface area (TPSA) is 68.8 Å². The van der Waals surface area contributed by atoms with Crippen molar-refractivity contribution >= 4 is 27.6 Å². The molecule has 4 rings (SSSR count). The lowest BCUT2D eigenvalue weighted by atomic mass is 9.96. The van der Waals surface area contributed by atoms with E-state index >= 15 is 0 Å². The molecular weight excluding hydrogens is 363 g/mol. The van der Waals surface area contributed by atoms with Gasteiger partial charge in [0.05, 0.1) is 11.8 Å². The maximum Gasteiger partial charge on any atom is 0.269 e. The van der Waals surface area contributed by atoms with Crippen LogP contribution in [0.25, 0.3) is 0 Å². The van der Waals surface area contributed by atoms with Crippen LogP contribution < -0.4 is 0 Å². The molecule has 8 heteroatoms. The quantitative estimate of drug-likeness (QED) is 0.692. The Morgan fingerprint density at radius 2 is 2.17 bits per heavy atom. The minimum atomic E-state index is -0.356. The summed E-state index contributed by atoms with van der Waals surface area (Å²) in [7, 11) is 0. The normalized spacial score (nSPS) is 16.8. The fraction of sp³-hybridized carbons (Fsp3) is 0.133. The summed E-state index contributed by atoms with van der Waals surface area (Å²) in [4.78, 5) is 8.58. The highest BCUT2D eigenvalue weighted by molar-refractivity contribution is 9.10. The minimum absolute atomic E-state index is 0.299. The molecule has 1 aliphatic heterocycles. The second-order valence-corrected chi connectivity index (χ2v) is 6.03. The zero-order chi connectivity index (χ0) is 15.8. The summed E-state index contributed by atoms with van der Waals surface area (Å²) in [6.07, 6.45) is 3.91. The first-order chi connectivity index (χ1) is 11.2. The minimum Gasteiger partial charge on any atom is -0.264 e. The van der Waals surface area contributed by atoms with Crippen LogP contribution in [-0.2, 0) is 0 Å². The molecule has 2 aromatic heterocycles. The van der Waals surface area contributed by atoms with Gasteiger partial charge in [0, 0.05) is 34.4 Å². The molecular formula is C15H10BrFN6. The third kappa shape index (κ3) is 2.55. The fourth-order valence-electron chi connectivity index (χ4n) is 2.63. The van der Waals surface area contributed by atoms with E-state index in [1.54, 1.807) is 29.2 Å². The van der Waals surface area contributed by atoms with Crippen molar-refractivity contribution in [1.29, 1.82) is 0 Å². The van der Waals surface area contributed by atoms with Gasteiger partial charge in [-0.15, -0.1) is 0 Å². The van der Waals surface area contributed by atoms with E-state index in [0.717, 1.165) is 15.7 Å². The monoisotopic (exact) mass is 372 g/mol. The Bertz CT molecular complexity index is 892. The van der Waals surface area contributed by atoms with Crippen LogP contribution in [0.5, 0.6) is 0 Å². The number of tetrazole rings is 1. The van der Waals surface area contributed by atoms with E-state index in [4.69, 9.17) is 0 Å². The predicted octanol–water partition coefficient (Wildman–Crippen LogP) is 3.08. The molecule has 1 aromatic carbocycles. The number of benzene rings is 1. The van der Waals surface area contributed by atoms with Gasteiger partial charge in [0.25, 0.3) is 5.95 Å². The number of halogens is 2. The second kappa shape index (κ2) is 5.62. The molecule has 0 N–H and O–H groups in total. The summed E-state index contributed by atoms with van der Waals surface area (Å²) in [5.41, 5.74) is 2.18. The van der Waals surface area contributed by atoms with E-state index in [9.17, 15) is 4.39 Å². The highest BCUT2D eigenvalue weighted by atomic mass is 79.9. The van der Waals surface area contributed by atoms with E-state index in [2.05, 4.69) is 41.4 Å². The van der Waals surface area contributed by atoms with Gasteiger partial charge in [0.1, 0.15) is 5.82 Å². The van der Waals surface area contributed by atoms with Crippen molar-refractivity contribution in [2.24, 2.45) is 4.99 Å². The first-order valence-electron chi connectivity index (χ1n) is 6.93. The third-order valence-corrected chi connectivity index (χ3v) is 4.20. The zero-order valence-corrected chi connectivity index (χ0v) is 13.4. The Balaban J connectivity index is 1.84. The van der Waals surface area contributed by atoms with Crippen molar-refractivity contribution in [2.45, 2.75) is 12.5 Å². The van der Waals surface area contributed by atoms with Gasteiger partial charge in [-0.3, -0.25) is 4.98 Å². The van der Waals surface area contributed by atoms with E-state index in [-0.39, 0.29) is 11.9 Å². The molecule has 3 heterocycles. The van der Waals surface area contributed by atoms with Crippen molar-refractivity contribution in [3.8, 4) is 0 Å². The van der Waals surface area contributed by atoms with Crippen molar-refractivity contribution in [1.82, 2.24) is 25.2 Å². The number of aromatic nitrogens is 5. The largest absolute Gasteiger partial charge is 0.269 e.